The lowest BCUT2D eigenvalue weighted by atomic mass is 10.1. The Labute approximate surface area is 173 Å². The maximum Gasteiger partial charge on any atom is 0.343 e. The number of rotatable bonds is 13. The summed E-state index contributed by atoms with van der Waals surface area (Å²) >= 11 is 0. The average Bonchev–Trinajstić information content (AvgIpc) is 3.14. The fraction of sp³-hybridized carbons (Fsp3) is 0.522. The van der Waals surface area contributed by atoms with Gasteiger partial charge in [0.15, 0.2) is 5.82 Å². The first-order chi connectivity index (χ1) is 14.2. The van der Waals surface area contributed by atoms with Crippen LogP contribution in [0.1, 0.15) is 82.0 Å². The molecular weight excluding hydrogens is 366 g/mol. The number of aromatic nitrogens is 2. The van der Waals surface area contributed by atoms with Gasteiger partial charge in [-0.05, 0) is 25.5 Å². The van der Waals surface area contributed by atoms with Gasteiger partial charge < -0.3 is 10.1 Å². The number of para-hydroxylation sites is 1. The maximum atomic E-state index is 12.5. The molecule has 0 saturated carbocycles. The summed E-state index contributed by atoms with van der Waals surface area (Å²) < 4.78 is 6.68. The fourth-order valence-corrected chi connectivity index (χ4v) is 3.21. The summed E-state index contributed by atoms with van der Waals surface area (Å²) in [5.74, 6) is -0.240. The smallest absolute Gasteiger partial charge is 0.343 e. The molecule has 1 aromatic heterocycles. The number of anilines is 1. The van der Waals surface area contributed by atoms with Gasteiger partial charge in [0, 0.05) is 6.42 Å². The third kappa shape index (κ3) is 7.37. The Bertz CT molecular complexity index is 756. The second-order valence-corrected chi connectivity index (χ2v) is 7.15. The first-order valence-corrected chi connectivity index (χ1v) is 10.8. The number of nitrogens with zero attached hydrogens (tertiary/aromatic N) is 2. The maximum absolute atomic E-state index is 12.5. The van der Waals surface area contributed by atoms with Crippen molar-refractivity contribution in [2.45, 2.75) is 71.6 Å². The van der Waals surface area contributed by atoms with Crippen molar-refractivity contribution in [2.24, 2.45) is 0 Å². The van der Waals surface area contributed by atoms with E-state index in [4.69, 9.17) is 4.74 Å². The molecule has 2 aromatic rings. The topological polar surface area (TPSA) is 73.2 Å². The molecule has 0 spiro atoms. The molecule has 6 nitrogen and oxygen atoms in total. The van der Waals surface area contributed by atoms with E-state index in [1.165, 1.54) is 38.3 Å². The summed E-state index contributed by atoms with van der Waals surface area (Å²) in [7, 11) is 0. The number of hydrogen-bond donors (Lipinski definition) is 1. The SMILES string of the molecule is CCCCCCCCCCC(=O)Nc1c(C(=O)OCC)cnn1-c1ccccc1. The van der Waals surface area contributed by atoms with Crippen LogP contribution in [0.3, 0.4) is 0 Å². The van der Waals surface area contributed by atoms with Gasteiger partial charge in [0.1, 0.15) is 5.56 Å². The summed E-state index contributed by atoms with van der Waals surface area (Å²) in [5.41, 5.74) is 1.03. The van der Waals surface area contributed by atoms with E-state index in [9.17, 15) is 9.59 Å². The largest absolute Gasteiger partial charge is 0.462 e. The molecule has 1 N–H and O–H groups in total. The quantitative estimate of drug-likeness (QED) is 0.356. The molecule has 0 fully saturated rings. The lowest BCUT2D eigenvalue weighted by Crippen LogP contribution is -2.17. The number of nitrogens with one attached hydrogen (secondary N) is 1. The molecule has 2 rings (SSSR count). The van der Waals surface area contributed by atoms with Crippen molar-refractivity contribution in [1.82, 2.24) is 9.78 Å². The molecule has 1 aromatic carbocycles. The number of benzene rings is 1. The standard InChI is InChI=1S/C23H33N3O3/c1-3-5-6-7-8-9-10-14-17-21(27)25-22-20(23(28)29-4-2)18-24-26(22)19-15-12-11-13-16-19/h11-13,15-16,18H,3-10,14,17H2,1-2H3,(H,25,27). The zero-order valence-corrected chi connectivity index (χ0v) is 17.7. The highest BCUT2D eigenvalue weighted by atomic mass is 16.5. The monoisotopic (exact) mass is 399 g/mol. The zero-order chi connectivity index (χ0) is 20.9. The minimum atomic E-state index is -0.489. The highest BCUT2D eigenvalue weighted by molar-refractivity contribution is 6.00. The molecular formula is C23H33N3O3. The van der Waals surface area contributed by atoms with Gasteiger partial charge in [-0.25, -0.2) is 9.48 Å². The van der Waals surface area contributed by atoms with Crippen LogP contribution in [-0.4, -0.2) is 28.3 Å². The van der Waals surface area contributed by atoms with Gasteiger partial charge in [0.2, 0.25) is 5.91 Å². The van der Waals surface area contributed by atoms with E-state index in [2.05, 4.69) is 17.3 Å². The second-order valence-electron chi connectivity index (χ2n) is 7.15. The van der Waals surface area contributed by atoms with Crippen LogP contribution < -0.4 is 5.32 Å². The lowest BCUT2D eigenvalue weighted by molar-refractivity contribution is -0.116. The van der Waals surface area contributed by atoms with E-state index >= 15 is 0 Å². The van der Waals surface area contributed by atoms with Crippen LogP contribution in [0.5, 0.6) is 0 Å². The van der Waals surface area contributed by atoms with Crippen molar-refractivity contribution < 1.29 is 14.3 Å². The average molecular weight is 400 g/mol. The molecule has 0 bridgehead atoms. The van der Waals surface area contributed by atoms with E-state index in [0.717, 1.165) is 24.9 Å². The van der Waals surface area contributed by atoms with Crippen LogP contribution in [0.4, 0.5) is 5.82 Å². The number of carbonyl (C=O) groups excluding carboxylic acids is 2. The van der Waals surface area contributed by atoms with E-state index in [0.29, 0.717) is 12.2 Å². The van der Waals surface area contributed by atoms with Crippen molar-refractivity contribution >= 4 is 17.7 Å². The third-order valence-corrected chi connectivity index (χ3v) is 4.78. The van der Waals surface area contributed by atoms with Gasteiger partial charge in [-0.1, -0.05) is 70.1 Å². The normalized spacial score (nSPS) is 10.7. The first-order valence-electron chi connectivity index (χ1n) is 10.8. The number of unbranched alkanes of at least 4 members (excludes halogenated alkanes) is 7. The summed E-state index contributed by atoms with van der Waals surface area (Å²) in [4.78, 5) is 24.8. The Hall–Kier alpha value is -2.63. The fourth-order valence-electron chi connectivity index (χ4n) is 3.21. The molecule has 6 heteroatoms. The summed E-state index contributed by atoms with van der Waals surface area (Å²) in [5, 5.41) is 7.17. The second kappa shape index (κ2) is 12.8. The molecule has 158 valence electrons. The highest BCUT2D eigenvalue weighted by Crippen LogP contribution is 2.22. The van der Waals surface area contributed by atoms with E-state index < -0.39 is 5.97 Å². The van der Waals surface area contributed by atoms with E-state index in [-0.39, 0.29) is 18.1 Å². The number of esters is 1. The zero-order valence-electron chi connectivity index (χ0n) is 17.7. The molecule has 0 radical (unpaired) electrons. The van der Waals surface area contributed by atoms with E-state index in [1.54, 1.807) is 11.6 Å². The molecule has 0 unspecified atom stereocenters. The first kappa shape index (κ1) is 22.7. The number of ether oxygens (including phenoxy) is 1. The van der Waals surface area contributed by atoms with Crippen LogP contribution in [0.15, 0.2) is 36.5 Å². The van der Waals surface area contributed by atoms with Gasteiger partial charge in [0.05, 0.1) is 18.5 Å². The Balaban J connectivity index is 1.94. The van der Waals surface area contributed by atoms with Gasteiger partial charge >= 0.3 is 5.97 Å². The minimum Gasteiger partial charge on any atom is -0.462 e. The summed E-state index contributed by atoms with van der Waals surface area (Å²) in [6, 6.07) is 9.41. The van der Waals surface area contributed by atoms with Gasteiger partial charge in [-0.2, -0.15) is 5.10 Å². The molecule has 0 aliphatic carbocycles. The summed E-state index contributed by atoms with van der Waals surface area (Å²) in [6.07, 6.45) is 11.3. The predicted octanol–water partition coefficient (Wildman–Crippen LogP) is 5.52. The predicted molar refractivity (Wildman–Crippen MR) is 115 cm³/mol. The Kier molecular flexibility index (Phi) is 9.96. The van der Waals surface area contributed by atoms with Crippen LogP contribution >= 0.6 is 0 Å². The van der Waals surface area contributed by atoms with Crippen molar-refractivity contribution in [3.63, 3.8) is 0 Å². The Morgan fingerprint density at radius 3 is 2.28 bits per heavy atom. The van der Waals surface area contributed by atoms with Gasteiger partial charge in [-0.3, -0.25) is 4.79 Å². The van der Waals surface area contributed by atoms with Crippen molar-refractivity contribution in [2.75, 3.05) is 11.9 Å². The number of amides is 1. The van der Waals surface area contributed by atoms with Crippen LogP contribution in [0, 0.1) is 0 Å². The van der Waals surface area contributed by atoms with Crippen molar-refractivity contribution in [1.29, 1.82) is 0 Å². The van der Waals surface area contributed by atoms with Gasteiger partial charge in [-0.15, -0.1) is 0 Å². The van der Waals surface area contributed by atoms with Crippen LogP contribution in [0.2, 0.25) is 0 Å². The highest BCUT2D eigenvalue weighted by Gasteiger charge is 2.21. The Morgan fingerprint density at radius 1 is 0.966 bits per heavy atom. The van der Waals surface area contributed by atoms with Crippen LogP contribution in [0.25, 0.3) is 5.69 Å². The number of hydrogen-bond acceptors (Lipinski definition) is 4. The lowest BCUT2D eigenvalue weighted by Gasteiger charge is -2.11. The minimum absolute atomic E-state index is 0.112. The molecule has 0 aliphatic rings. The van der Waals surface area contributed by atoms with Crippen molar-refractivity contribution in [3.05, 3.63) is 42.1 Å². The van der Waals surface area contributed by atoms with Crippen molar-refractivity contribution in [3.8, 4) is 5.69 Å². The van der Waals surface area contributed by atoms with E-state index in [1.807, 2.05) is 30.3 Å². The third-order valence-electron chi connectivity index (χ3n) is 4.78. The molecule has 0 saturated heterocycles. The molecule has 1 heterocycles. The summed E-state index contributed by atoms with van der Waals surface area (Å²) in [6.45, 7) is 4.23. The molecule has 0 atom stereocenters. The molecule has 1 amide bonds. The molecule has 0 aliphatic heterocycles. The Morgan fingerprint density at radius 2 is 1.62 bits per heavy atom. The molecule has 29 heavy (non-hydrogen) atoms. The van der Waals surface area contributed by atoms with Crippen LogP contribution in [-0.2, 0) is 9.53 Å². The number of carbonyl (C=O) groups is 2. The van der Waals surface area contributed by atoms with Gasteiger partial charge in [0.25, 0.3) is 0 Å².